The number of ether oxygens (including phenoxy) is 1. The molecule has 0 radical (unpaired) electrons. The standard InChI is InChI=1S/C30H43N5O4.2ClH/c1-4-5-15-34-28(37)26(27(36)23-11-18-39-19-12-23)31-29(38)30(34)13-16-33(17-14-30)20-25-21(2)32-35(22(25)3)24-9-7-6-8-10-24;;/h6-10,23,26-27,36H,4-5,11-20H2,1-3H3,(H,31,38);2*1H/t26-,27-;;/m1../s1. The summed E-state index contributed by atoms with van der Waals surface area (Å²) in [7, 11) is 0. The highest BCUT2D eigenvalue weighted by atomic mass is 35.5. The Kier molecular flexibility index (Phi) is 11.7. The quantitative estimate of drug-likeness (QED) is 0.474. The van der Waals surface area contributed by atoms with Crippen LogP contribution in [0.1, 0.15) is 62.4 Å². The first-order chi connectivity index (χ1) is 18.9. The van der Waals surface area contributed by atoms with Crippen molar-refractivity contribution in [2.45, 2.75) is 83.5 Å². The zero-order valence-corrected chi connectivity index (χ0v) is 26.0. The van der Waals surface area contributed by atoms with Crippen molar-refractivity contribution < 1.29 is 19.4 Å². The van der Waals surface area contributed by atoms with Gasteiger partial charge in [0.05, 0.1) is 17.5 Å². The minimum absolute atomic E-state index is 0. The van der Waals surface area contributed by atoms with Crippen molar-refractivity contribution >= 4 is 36.6 Å². The number of aliphatic hydroxyl groups excluding tert-OH is 1. The molecule has 2 amide bonds. The zero-order valence-electron chi connectivity index (χ0n) is 24.4. The Hall–Kier alpha value is -2.17. The fraction of sp³-hybridized carbons (Fsp3) is 0.633. The molecule has 228 valence electrons. The molecule has 2 N–H and O–H groups in total. The number of hydrogen-bond acceptors (Lipinski definition) is 6. The van der Waals surface area contributed by atoms with Gasteiger partial charge in [0.15, 0.2) is 0 Å². The maximum absolute atomic E-state index is 13.8. The summed E-state index contributed by atoms with van der Waals surface area (Å²) in [4.78, 5) is 31.8. The number of benzene rings is 1. The number of aryl methyl sites for hydroxylation is 1. The smallest absolute Gasteiger partial charge is 0.248 e. The van der Waals surface area contributed by atoms with Crippen molar-refractivity contribution in [3.05, 3.63) is 47.3 Å². The van der Waals surface area contributed by atoms with E-state index < -0.39 is 17.7 Å². The maximum atomic E-state index is 13.8. The molecule has 3 aliphatic heterocycles. The Morgan fingerprint density at radius 1 is 1.10 bits per heavy atom. The molecule has 4 heterocycles. The van der Waals surface area contributed by atoms with Gasteiger partial charge in [-0.3, -0.25) is 14.5 Å². The van der Waals surface area contributed by atoms with E-state index in [0.29, 0.717) is 58.5 Å². The van der Waals surface area contributed by atoms with E-state index in [9.17, 15) is 14.7 Å². The number of amides is 2. The van der Waals surface area contributed by atoms with Crippen LogP contribution in [0.3, 0.4) is 0 Å². The first-order valence-corrected chi connectivity index (χ1v) is 14.6. The highest BCUT2D eigenvalue weighted by Crippen LogP contribution is 2.36. The van der Waals surface area contributed by atoms with Gasteiger partial charge in [0, 0.05) is 50.7 Å². The molecule has 2 aromatic rings. The molecule has 2 atom stereocenters. The minimum Gasteiger partial charge on any atom is -0.390 e. The van der Waals surface area contributed by atoms with Gasteiger partial charge in [0.1, 0.15) is 11.6 Å². The predicted molar refractivity (Wildman–Crippen MR) is 163 cm³/mol. The normalized spacial score (nSPS) is 22.1. The van der Waals surface area contributed by atoms with E-state index in [0.717, 1.165) is 36.5 Å². The van der Waals surface area contributed by atoms with Gasteiger partial charge in [-0.2, -0.15) is 5.10 Å². The first kappa shape index (κ1) is 33.3. The number of piperidine rings is 1. The van der Waals surface area contributed by atoms with Gasteiger partial charge in [-0.05, 0) is 64.0 Å². The average molecular weight is 611 g/mol. The fourth-order valence-corrected chi connectivity index (χ4v) is 6.57. The van der Waals surface area contributed by atoms with Crippen molar-refractivity contribution in [1.82, 2.24) is 24.9 Å². The molecule has 0 unspecified atom stereocenters. The monoisotopic (exact) mass is 609 g/mol. The van der Waals surface area contributed by atoms with Gasteiger partial charge in [-0.1, -0.05) is 31.5 Å². The second-order valence-corrected chi connectivity index (χ2v) is 11.4. The molecule has 0 aliphatic carbocycles. The summed E-state index contributed by atoms with van der Waals surface area (Å²) in [5.74, 6) is -0.287. The summed E-state index contributed by atoms with van der Waals surface area (Å²) in [6.45, 7) is 10.2. The lowest BCUT2D eigenvalue weighted by atomic mass is 9.79. The number of nitrogens with one attached hydrogen (secondary N) is 1. The predicted octanol–water partition coefficient (Wildman–Crippen LogP) is 3.58. The molecule has 0 bridgehead atoms. The van der Waals surface area contributed by atoms with Crippen LogP contribution >= 0.6 is 24.8 Å². The molecule has 9 nitrogen and oxygen atoms in total. The fourth-order valence-electron chi connectivity index (χ4n) is 6.57. The summed E-state index contributed by atoms with van der Waals surface area (Å²) in [6.07, 6.45) is 3.45. The summed E-state index contributed by atoms with van der Waals surface area (Å²) < 4.78 is 7.44. The van der Waals surface area contributed by atoms with E-state index in [4.69, 9.17) is 9.84 Å². The highest BCUT2D eigenvalue weighted by Gasteiger charge is 2.55. The SMILES string of the molecule is CCCCN1C(=O)[C@@H]([C@H](O)C2CCOCC2)NC(=O)C12CCN(Cc1c(C)nn(-c3ccccc3)c1C)CC2.Cl.Cl. The van der Waals surface area contributed by atoms with E-state index in [1.807, 2.05) is 27.8 Å². The molecule has 1 aromatic heterocycles. The molecule has 3 aliphatic rings. The molecule has 0 saturated carbocycles. The van der Waals surface area contributed by atoms with E-state index in [-0.39, 0.29) is 42.5 Å². The van der Waals surface area contributed by atoms with Crippen molar-refractivity contribution in [3.8, 4) is 5.69 Å². The number of halogens is 2. The van der Waals surface area contributed by atoms with Gasteiger partial charge in [0.2, 0.25) is 11.8 Å². The highest BCUT2D eigenvalue weighted by molar-refractivity contribution is 6.00. The lowest BCUT2D eigenvalue weighted by Gasteiger charge is -2.52. The van der Waals surface area contributed by atoms with Crippen molar-refractivity contribution in [3.63, 3.8) is 0 Å². The number of hydrogen-bond donors (Lipinski definition) is 2. The van der Waals surface area contributed by atoms with Crippen LogP contribution in [0.5, 0.6) is 0 Å². The van der Waals surface area contributed by atoms with Gasteiger partial charge >= 0.3 is 0 Å². The van der Waals surface area contributed by atoms with E-state index >= 15 is 0 Å². The van der Waals surface area contributed by atoms with Gasteiger partial charge in [-0.25, -0.2) is 4.68 Å². The third-order valence-corrected chi connectivity index (χ3v) is 9.09. The van der Waals surface area contributed by atoms with Crippen LogP contribution in [0, 0.1) is 19.8 Å². The second-order valence-electron chi connectivity index (χ2n) is 11.4. The Morgan fingerprint density at radius 2 is 1.76 bits per heavy atom. The maximum Gasteiger partial charge on any atom is 0.248 e. The number of piperazine rings is 1. The number of unbranched alkanes of at least 4 members (excludes halogenated alkanes) is 1. The molecular formula is C30H45Cl2N5O4. The molecule has 11 heteroatoms. The second kappa shape index (κ2) is 14.3. The topological polar surface area (TPSA) is 99.9 Å². The van der Waals surface area contributed by atoms with Crippen LogP contribution in [0.25, 0.3) is 5.69 Å². The Morgan fingerprint density at radius 3 is 2.39 bits per heavy atom. The van der Waals surface area contributed by atoms with Gasteiger partial charge in [0.25, 0.3) is 0 Å². The lowest BCUT2D eigenvalue weighted by Crippen LogP contribution is -2.75. The third-order valence-electron chi connectivity index (χ3n) is 9.09. The number of likely N-dealkylation sites (tertiary alicyclic amines) is 1. The molecular weight excluding hydrogens is 565 g/mol. The first-order valence-electron chi connectivity index (χ1n) is 14.6. The zero-order chi connectivity index (χ0) is 27.6. The van der Waals surface area contributed by atoms with E-state index in [1.54, 1.807) is 0 Å². The van der Waals surface area contributed by atoms with Crippen LogP contribution in [0.2, 0.25) is 0 Å². The summed E-state index contributed by atoms with van der Waals surface area (Å²) in [5.41, 5.74) is 3.54. The Labute approximate surface area is 255 Å². The van der Waals surface area contributed by atoms with Crippen LogP contribution in [0.15, 0.2) is 30.3 Å². The number of aromatic nitrogens is 2. The summed E-state index contributed by atoms with van der Waals surface area (Å²) in [5, 5.41) is 18.9. The largest absolute Gasteiger partial charge is 0.390 e. The molecule has 41 heavy (non-hydrogen) atoms. The lowest BCUT2D eigenvalue weighted by molar-refractivity contribution is -0.166. The number of nitrogens with zero attached hydrogens (tertiary/aromatic N) is 4. The van der Waals surface area contributed by atoms with Crippen molar-refractivity contribution in [2.24, 2.45) is 5.92 Å². The Balaban J connectivity index is 0.00000231. The van der Waals surface area contributed by atoms with Crippen molar-refractivity contribution in [1.29, 1.82) is 0 Å². The molecule has 3 saturated heterocycles. The third kappa shape index (κ3) is 6.59. The van der Waals surface area contributed by atoms with E-state index in [1.165, 1.54) is 5.56 Å². The average Bonchev–Trinajstić information content (AvgIpc) is 3.25. The van der Waals surface area contributed by atoms with Crippen LogP contribution in [0.4, 0.5) is 0 Å². The Bertz CT molecular complexity index is 1160. The summed E-state index contributed by atoms with van der Waals surface area (Å²) >= 11 is 0. The molecule has 1 aromatic carbocycles. The number of aliphatic hydroxyl groups is 1. The molecule has 3 fully saturated rings. The minimum atomic E-state index is -0.890. The van der Waals surface area contributed by atoms with Crippen LogP contribution in [-0.2, 0) is 20.9 Å². The van der Waals surface area contributed by atoms with Gasteiger partial charge in [-0.15, -0.1) is 24.8 Å². The summed E-state index contributed by atoms with van der Waals surface area (Å²) in [6, 6.07) is 9.28. The van der Waals surface area contributed by atoms with E-state index in [2.05, 4.69) is 43.1 Å². The molecule has 1 spiro atoms. The van der Waals surface area contributed by atoms with Crippen LogP contribution < -0.4 is 5.32 Å². The van der Waals surface area contributed by atoms with Gasteiger partial charge < -0.3 is 20.1 Å². The number of carbonyl (C=O) groups excluding carboxylic acids is 2. The number of carbonyl (C=O) groups is 2. The number of para-hydroxylation sites is 1. The number of rotatable bonds is 8. The van der Waals surface area contributed by atoms with Crippen molar-refractivity contribution in [2.75, 3.05) is 32.8 Å². The van der Waals surface area contributed by atoms with Crippen LogP contribution in [-0.4, -0.2) is 87.0 Å². The molecule has 5 rings (SSSR count).